The van der Waals surface area contributed by atoms with Gasteiger partial charge in [-0.1, -0.05) is 18.2 Å². The molecule has 0 saturated carbocycles. The van der Waals surface area contributed by atoms with Gasteiger partial charge in [-0.05, 0) is 18.2 Å². The maximum absolute atomic E-state index is 12.0. The summed E-state index contributed by atoms with van der Waals surface area (Å²) in [6.45, 7) is 1.82. The zero-order valence-corrected chi connectivity index (χ0v) is 13.5. The Balaban J connectivity index is 1.51. The highest BCUT2D eigenvalue weighted by Crippen LogP contribution is 2.32. The van der Waals surface area contributed by atoms with E-state index in [0.717, 1.165) is 11.3 Å². The van der Waals surface area contributed by atoms with Gasteiger partial charge in [0.15, 0.2) is 11.5 Å². The molecule has 0 bridgehead atoms. The molecule has 0 unspecified atom stereocenters. The molecule has 1 aliphatic heterocycles. The van der Waals surface area contributed by atoms with Crippen molar-refractivity contribution in [3.05, 3.63) is 48.0 Å². The van der Waals surface area contributed by atoms with E-state index in [1.54, 1.807) is 25.3 Å². The maximum Gasteiger partial charge on any atom is 0.238 e. The number of nitrogens with one attached hydrogen (secondary N) is 2. The Labute approximate surface area is 140 Å². The van der Waals surface area contributed by atoms with E-state index in [1.165, 1.54) is 0 Å². The zero-order chi connectivity index (χ0) is 16.8. The highest BCUT2D eigenvalue weighted by atomic mass is 16.6. The Morgan fingerprint density at radius 2 is 1.92 bits per heavy atom. The lowest BCUT2D eigenvalue weighted by Gasteiger charge is -2.19. The first-order valence-corrected chi connectivity index (χ1v) is 7.78. The first kappa shape index (κ1) is 16.1. The van der Waals surface area contributed by atoms with Crippen LogP contribution in [0.25, 0.3) is 0 Å². The van der Waals surface area contributed by atoms with Crippen LogP contribution in [0.5, 0.6) is 17.2 Å². The molecular weight excluding hydrogens is 308 g/mol. The second-order valence-electron chi connectivity index (χ2n) is 5.32. The summed E-state index contributed by atoms with van der Waals surface area (Å²) in [4.78, 5) is 12.0. The maximum atomic E-state index is 12.0. The second-order valence-corrected chi connectivity index (χ2v) is 5.32. The molecule has 0 aliphatic carbocycles. The number of hydrogen-bond acceptors (Lipinski definition) is 5. The normalized spacial score (nSPS) is 12.5. The number of fused-ring (bicyclic) bond motifs is 1. The largest absolute Gasteiger partial charge is 0.496 e. The molecular formula is C18H20N2O4. The van der Waals surface area contributed by atoms with E-state index in [2.05, 4.69) is 10.6 Å². The fraction of sp³-hybridized carbons (Fsp3) is 0.278. The van der Waals surface area contributed by atoms with E-state index in [0.29, 0.717) is 36.9 Å². The Kier molecular flexibility index (Phi) is 5.18. The highest BCUT2D eigenvalue weighted by molar-refractivity contribution is 5.92. The molecule has 0 fully saturated rings. The molecule has 1 amide bonds. The van der Waals surface area contributed by atoms with Gasteiger partial charge in [0.1, 0.15) is 19.0 Å². The number of methoxy groups -OCH3 is 1. The van der Waals surface area contributed by atoms with Crippen LogP contribution in [0, 0.1) is 0 Å². The molecule has 2 aromatic rings. The van der Waals surface area contributed by atoms with Crippen LogP contribution in [0.1, 0.15) is 5.56 Å². The fourth-order valence-electron chi connectivity index (χ4n) is 2.49. The molecule has 1 heterocycles. The van der Waals surface area contributed by atoms with Crippen molar-refractivity contribution < 1.29 is 19.0 Å². The number of rotatable bonds is 6. The quantitative estimate of drug-likeness (QED) is 0.851. The molecule has 0 radical (unpaired) electrons. The van der Waals surface area contributed by atoms with E-state index in [9.17, 15) is 4.79 Å². The smallest absolute Gasteiger partial charge is 0.238 e. The third kappa shape index (κ3) is 3.97. The van der Waals surface area contributed by atoms with Crippen LogP contribution in [-0.4, -0.2) is 32.8 Å². The second kappa shape index (κ2) is 7.70. The molecule has 3 rings (SSSR count). The van der Waals surface area contributed by atoms with E-state index >= 15 is 0 Å². The number of para-hydroxylation sites is 1. The summed E-state index contributed by atoms with van der Waals surface area (Å²) >= 11 is 0. The lowest BCUT2D eigenvalue weighted by atomic mass is 10.2. The summed E-state index contributed by atoms with van der Waals surface area (Å²) in [5, 5.41) is 5.95. The Bertz CT molecular complexity index is 718. The number of ether oxygens (including phenoxy) is 3. The van der Waals surface area contributed by atoms with Crippen LogP contribution in [0.3, 0.4) is 0 Å². The van der Waals surface area contributed by atoms with Crippen molar-refractivity contribution in [3.63, 3.8) is 0 Å². The van der Waals surface area contributed by atoms with Gasteiger partial charge < -0.3 is 24.8 Å². The van der Waals surface area contributed by atoms with Gasteiger partial charge in [-0.25, -0.2) is 0 Å². The lowest BCUT2D eigenvalue weighted by molar-refractivity contribution is -0.115. The van der Waals surface area contributed by atoms with Crippen LogP contribution in [-0.2, 0) is 11.3 Å². The molecule has 0 spiro atoms. The summed E-state index contributed by atoms with van der Waals surface area (Å²) in [6.07, 6.45) is 0. The van der Waals surface area contributed by atoms with Gasteiger partial charge in [0.25, 0.3) is 0 Å². The number of hydrogen-bond donors (Lipinski definition) is 2. The van der Waals surface area contributed by atoms with E-state index in [1.807, 2.05) is 24.3 Å². The average Bonchev–Trinajstić information content (AvgIpc) is 2.62. The van der Waals surface area contributed by atoms with E-state index < -0.39 is 0 Å². The standard InChI is InChI=1S/C18H20N2O4/c1-22-15-5-3-2-4-13(15)11-19-12-18(21)20-14-6-7-16-17(10-14)24-9-8-23-16/h2-7,10,19H,8-9,11-12H2,1H3,(H,20,21). The van der Waals surface area contributed by atoms with Crippen LogP contribution in [0.4, 0.5) is 5.69 Å². The number of carbonyl (C=O) groups excluding carboxylic acids is 1. The van der Waals surface area contributed by atoms with Gasteiger partial charge in [0, 0.05) is 23.9 Å². The van der Waals surface area contributed by atoms with Crippen molar-refractivity contribution in [2.45, 2.75) is 6.54 Å². The predicted molar refractivity (Wildman–Crippen MR) is 90.8 cm³/mol. The highest BCUT2D eigenvalue weighted by Gasteiger charge is 2.12. The van der Waals surface area contributed by atoms with Gasteiger partial charge in [0.2, 0.25) is 5.91 Å². The molecule has 24 heavy (non-hydrogen) atoms. The summed E-state index contributed by atoms with van der Waals surface area (Å²) < 4.78 is 16.2. The topological polar surface area (TPSA) is 68.8 Å². The van der Waals surface area contributed by atoms with E-state index in [-0.39, 0.29) is 12.5 Å². The van der Waals surface area contributed by atoms with Crippen molar-refractivity contribution in [1.82, 2.24) is 5.32 Å². The van der Waals surface area contributed by atoms with Gasteiger partial charge in [0.05, 0.1) is 13.7 Å². The van der Waals surface area contributed by atoms with Gasteiger partial charge in [-0.15, -0.1) is 0 Å². The van der Waals surface area contributed by atoms with Crippen molar-refractivity contribution in [3.8, 4) is 17.2 Å². The Hall–Kier alpha value is -2.73. The Morgan fingerprint density at radius 3 is 2.75 bits per heavy atom. The number of benzene rings is 2. The molecule has 126 valence electrons. The van der Waals surface area contributed by atoms with Gasteiger partial charge in [-0.2, -0.15) is 0 Å². The third-order valence-electron chi connectivity index (χ3n) is 3.62. The monoisotopic (exact) mass is 328 g/mol. The van der Waals surface area contributed by atoms with Crippen LogP contribution in [0.2, 0.25) is 0 Å². The molecule has 0 aromatic heterocycles. The van der Waals surface area contributed by atoms with Gasteiger partial charge >= 0.3 is 0 Å². The predicted octanol–water partition coefficient (Wildman–Crippen LogP) is 2.19. The average molecular weight is 328 g/mol. The lowest BCUT2D eigenvalue weighted by Crippen LogP contribution is -2.28. The first-order chi connectivity index (χ1) is 11.8. The summed E-state index contributed by atoms with van der Waals surface area (Å²) in [5.74, 6) is 2.04. The summed E-state index contributed by atoms with van der Waals surface area (Å²) in [7, 11) is 1.63. The number of carbonyl (C=O) groups is 1. The minimum atomic E-state index is -0.124. The molecule has 6 nitrogen and oxygen atoms in total. The number of amides is 1. The molecule has 0 saturated heterocycles. The minimum absolute atomic E-state index is 0.124. The molecule has 0 atom stereocenters. The van der Waals surface area contributed by atoms with Crippen LogP contribution < -0.4 is 24.8 Å². The van der Waals surface area contributed by atoms with Crippen LogP contribution >= 0.6 is 0 Å². The fourth-order valence-corrected chi connectivity index (χ4v) is 2.49. The van der Waals surface area contributed by atoms with Crippen molar-refractivity contribution in [1.29, 1.82) is 0 Å². The summed E-state index contributed by atoms with van der Waals surface area (Å²) in [6, 6.07) is 13.1. The zero-order valence-electron chi connectivity index (χ0n) is 13.5. The SMILES string of the molecule is COc1ccccc1CNCC(=O)Nc1ccc2c(c1)OCCO2. The molecule has 1 aliphatic rings. The molecule has 6 heteroatoms. The van der Waals surface area contributed by atoms with Crippen molar-refractivity contribution in [2.75, 3.05) is 32.2 Å². The van der Waals surface area contributed by atoms with Crippen molar-refractivity contribution in [2.24, 2.45) is 0 Å². The Morgan fingerprint density at radius 1 is 1.12 bits per heavy atom. The van der Waals surface area contributed by atoms with Crippen LogP contribution in [0.15, 0.2) is 42.5 Å². The minimum Gasteiger partial charge on any atom is -0.496 e. The molecule has 2 aromatic carbocycles. The summed E-state index contributed by atoms with van der Waals surface area (Å²) in [5.41, 5.74) is 1.69. The third-order valence-corrected chi connectivity index (χ3v) is 3.62. The number of anilines is 1. The first-order valence-electron chi connectivity index (χ1n) is 7.78. The molecule has 2 N–H and O–H groups in total. The van der Waals surface area contributed by atoms with Crippen molar-refractivity contribution >= 4 is 11.6 Å². The van der Waals surface area contributed by atoms with Gasteiger partial charge in [-0.3, -0.25) is 4.79 Å². The van der Waals surface area contributed by atoms with E-state index in [4.69, 9.17) is 14.2 Å².